The number of nitrogens with one attached hydrogen (secondary N) is 1. The number of carbonyl (C=O) groups is 1. The molecule has 2 heterocycles. The van der Waals surface area contributed by atoms with Gasteiger partial charge in [-0.25, -0.2) is 0 Å². The Balaban J connectivity index is 1.56. The summed E-state index contributed by atoms with van der Waals surface area (Å²) < 4.78 is 0. The molecule has 0 fully saturated rings. The highest BCUT2D eigenvalue weighted by atomic mass is 32.1. The summed E-state index contributed by atoms with van der Waals surface area (Å²) in [4.78, 5) is 14.5. The topological polar surface area (TPSA) is 72.7 Å². The zero-order valence-corrected chi connectivity index (χ0v) is 16.0. The van der Waals surface area contributed by atoms with Gasteiger partial charge >= 0.3 is 0 Å². The van der Waals surface area contributed by atoms with Crippen LogP contribution in [0.1, 0.15) is 37.9 Å². The Morgan fingerprint density at radius 2 is 1.96 bits per heavy atom. The van der Waals surface area contributed by atoms with E-state index in [-0.39, 0.29) is 18.5 Å². The quantitative estimate of drug-likeness (QED) is 0.692. The van der Waals surface area contributed by atoms with Crippen LogP contribution in [0.4, 0.5) is 0 Å². The van der Waals surface area contributed by atoms with Gasteiger partial charge in [0, 0.05) is 0 Å². The molecule has 0 aliphatic heterocycles. The van der Waals surface area contributed by atoms with Crippen LogP contribution in [-0.4, -0.2) is 26.1 Å². The summed E-state index contributed by atoms with van der Waals surface area (Å²) in [7, 11) is 0. The van der Waals surface area contributed by atoms with E-state index in [0.717, 1.165) is 16.9 Å². The first-order valence-corrected chi connectivity index (χ1v) is 9.59. The summed E-state index contributed by atoms with van der Waals surface area (Å²) in [6.07, 6.45) is 1.06. The van der Waals surface area contributed by atoms with E-state index in [9.17, 15) is 4.79 Å². The first-order valence-electron chi connectivity index (χ1n) is 8.71. The van der Waals surface area contributed by atoms with Crippen molar-refractivity contribution in [3.63, 3.8) is 0 Å². The number of nitrogens with zero attached hydrogens (tertiary/aromatic N) is 4. The molecule has 0 aliphatic rings. The molecule has 1 N–H and O–H groups in total. The van der Waals surface area contributed by atoms with Crippen molar-refractivity contribution >= 4 is 17.2 Å². The highest BCUT2D eigenvalue weighted by Gasteiger charge is 2.13. The van der Waals surface area contributed by atoms with Gasteiger partial charge in [0.15, 0.2) is 0 Å². The van der Waals surface area contributed by atoms with Gasteiger partial charge in [0.1, 0.15) is 6.54 Å². The van der Waals surface area contributed by atoms with Crippen molar-refractivity contribution in [2.24, 2.45) is 5.92 Å². The fraction of sp³-hybridized carbons (Fsp3) is 0.368. The standard InChI is InChI=1S/C19H23N5OS/c1-13(2)11-15-6-8-16(9-7-15)14(3)20-18(25)12-24-22-19(21-23-24)17-5-4-10-26-17/h4-10,13-14H,11-12H2,1-3H3,(H,20,25)/t14-/m1/s1. The number of hydrogen-bond donors (Lipinski definition) is 1. The second-order valence-electron chi connectivity index (χ2n) is 6.75. The van der Waals surface area contributed by atoms with Crippen molar-refractivity contribution in [1.29, 1.82) is 0 Å². The fourth-order valence-electron chi connectivity index (χ4n) is 2.73. The Kier molecular flexibility index (Phi) is 5.78. The van der Waals surface area contributed by atoms with Crippen molar-refractivity contribution < 1.29 is 4.79 Å². The molecule has 0 unspecified atom stereocenters. The summed E-state index contributed by atoms with van der Waals surface area (Å²) >= 11 is 1.54. The summed E-state index contributed by atoms with van der Waals surface area (Å²) in [6, 6.07) is 12.2. The van der Waals surface area contributed by atoms with Crippen molar-refractivity contribution in [2.45, 2.75) is 39.8 Å². The highest BCUT2D eigenvalue weighted by molar-refractivity contribution is 7.13. The average Bonchev–Trinajstić information content (AvgIpc) is 3.26. The van der Waals surface area contributed by atoms with E-state index in [1.54, 1.807) is 11.3 Å². The molecule has 0 aliphatic carbocycles. The monoisotopic (exact) mass is 369 g/mol. The van der Waals surface area contributed by atoms with E-state index in [1.165, 1.54) is 10.4 Å². The maximum atomic E-state index is 12.3. The predicted molar refractivity (Wildman–Crippen MR) is 103 cm³/mol. The first kappa shape index (κ1) is 18.3. The number of benzene rings is 1. The van der Waals surface area contributed by atoms with Gasteiger partial charge in [0.2, 0.25) is 11.7 Å². The van der Waals surface area contributed by atoms with Crippen LogP contribution in [0, 0.1) is 5.92 Å². The van der Waals surface area contributed by atoms with Crippen molar-refractivity contribution in [2.75, 3.05) is 0 Å². The minimum Gasteiger partial charge on any atom is -0.348 e. The molecular weight excluding hydrogens is 346 g/mol. The van der Waals surface area contributed by atoms with Gasteiger partial charge in [-0.2, -0.15) is 4.80 Å². The number of thiophene rings is 1. The Morgan fingerprint density at radius 1 is 1.19 bits per heavy atom. The molecule has 1 atom stereocenters. The minimum atomic E-state index is -0.140. The number of rotatable bonds is 7. The largest absolute Gasteiger partial charge is 0.348 e. The summed E-state index contributed by atoms with van der Waals surface area (Å²) in [5, 5.41) is 17.1. The third-order valence-corrected chi connectivity index (χ3v) is 4.85. The van der Waals surface area contributed by atoms with Crippen molar-refractivity contribution in [3.8, 4) is 10.7 Å². The Hall–Kier alpha value is -2.54. The molecule has 0 spiro atoms. The average molecular weight is 369 g/mol. The lowest BCUT2D eigenvalue weighted by atomic mass is 10.00. The van der Waals surface area contributed by atoms with Crippen LogP contribution in [0.25, 0.3) is 10.7 Å². The Bertz CT molecular complexity index is 839. The maximum absolute atomic E-state index is 12.3. The van der Waals surface area contributed by atoms with Gasteiger partial charge in [-0.3, -0.25) is 4.79 Å². The molecule has 0 saturated heterocycles. The molecule has 6 nitrogen and oxygen atoms in total. The van der Waals surface area contributed by atoms with Crippen LogP contribution < -0.4 is 5.32 Å². The Morgan fingerprint density at radius 3 is 2.62 bits per heavy atom. The Labute approximate surface area is 157 Å². The third kappa shape index (κ3) is 4.76. The van der Waals surface area contributed by atoms with Crippen LogP contribution in [0.3, 0.4) is 0 Å². The molecule has 3 aromatic rings. The number of hydrogen-bond acceptors (Lipinski definition) is 5. The van der Waals surface area contributed by atoms with Gasteiger partial charge in [-0.1, -0.05) is 44.2 Å². The van der Waals surface area contributed by atoms with Crippen LogP contribution in [-0.2, 0) is 17.8 Å². The second kappa shape index (κ2) is 8.23. The van der Waals surface area contributed by atoms with Gasteiger partial charge in [-0.15, -0.1) is 21.5 Å². The molecular formula is C19H23N5OS. The smallest absolute Gasteiger partial charge is 0.244 e. The van der Waals surface area contributed by atoms with Crippen LogP contribution in [0.2, 0.25) is 0 Å². The van der Waals surface area contributed by atoms with E-state index in [2.05, 4.69) is 58.8 Å². The normalized spacial score (nSPS) is 12.3. The molecule has 7 heteroatoms. The first-order chi connectivity index (χ1) is 12.5. The fourth-order valence-corrected chi connectivity index (χ4v) is 3.38. The molecule has 1 aromatic carbocycles. The lowest BCUT2D eigenvalue weighted by Gasteiger charge is -2.15. The van der Waals surface area contributed by atoms with E-state index in [4.69, 9.17) is 0 Å². The number of tetrazole rings is 1. The third-order valence-electron chi connectivity index (χ3n) is 3.98. The molecule has 2 aromatic heterocycles. The van der Waals surface area contributed by atoms with Gasteiger partial charge in [-0.05, 0) is 47.0 Å². The summed E-state index contributed by atoms with van der Waals surface area (Å²) in [5.41, 5.74) is 2.40. The molecule has 0 saturated carbocycles. The number of aromatic nitrogens is 4. The van der Waals surface area contributed by atoms with Gasteiger partial charge in [0.25, 0.3) is 0 Å². The molecule has 0 bridgehead atoms. The van der Waals surface area contributed by atoms with E-state index < -0.39 is 0 Å². The lowest BCUT2D eigenvalue weighted by Crippen LogP contribution is -2.30. The van der Waals surface area contributed by atoms with Crippen LogP contribution >= 0.6 is 11.3 Å². The van der Waals surface area contributed by atoms with Crippen LogP contribution in [0.15, 0.2) is 41.8 Å². The number of carbonyl (C=O) groups excluding carboxylic acids is 1. The zero-order chi connectivity index (χ0) is 18.5. The molecule has 1 amide bonds. The highest BCUT2D eigenvalue weighted by Crippen LogP contribution is 2.19. The van der Waals surface area contributed by atoms with Gasteiger partial charge < -0.3 is 5.32 Å². The van der Waals surface area contributed by atoms with Crippen LogP contribution in [0.5, 0.6) is 0 Å². The summed E-state index contributed by atoms with van der Waals surface area (Å²) in [5.74, 6) is 1.03. The van der Waals surface area contributed by atoms with E-state index >= 15 is 0 Å². The van der Waals surface area contributed by atoms with Crippen molar-refractivity contribution in [1.82, 2.24) is 25.5 Å². The van der Waals surface area contributed by atoms with Crippen molar-refractivity contribution in [3.05, 3.63) is 52.9 Å². The zero-order valence-electron chi connectivity index (χ0n) is 15.2. The van der Waals surface area contributed by atoms with E-state index in [0.29, 0.717) is 11.7 Å². The molecule has 26 heavy (non-hydrogen) atoms. The number of amides is 1. The molecule has 0 radical (unpaired) electrons. The molecule has 3 rings (SSSR count). The molecule has 136 valence electrons. The predicted octanol–water partition coefficient (Wildman–Crippen LogP) is 3.48. The SMILES string of the molecule is CC(C)Cc1ccc([C@@H](C)NC(=O)Cn2nnc(-c3cccs3)n2)cc1. The summed E-state index contributed by atoms with van der Waals surface area (Å²) in [6.45, 7) is 6.44. The lowest BCUT2D eigenvalue weighted by molar-refractivity contribution is -0.122. The minimum absolute atomic E-state index is 0.0498. The maximum Gasteiger partial charge on any atom is 0.244 e. The van der Waals surface area contributed by atoms with E-state index in [1.807, 2.05) is 24.4 Å². The van der Waals surface area contributed by atoms with Gasteiger partial charge in [0.05, 0.1) is 10.9 Å². The second-order valence-corrected chi connectivity index (χ2v) is 7.70.